The summed E-state index contributed by atoms with van der Waals surface area (Å²) in [5, 5.41) is 0.904. The van der Waals surface area contributed by atoms with Gasteiger partial charge in [-0.2, -0.15) is 0 Å². The second-order valence-electron chi connectivity index (χ2n) is 3.95. The maximum Gasteiger partial charge on any atom is 0.249 e. The van der Waals surface area contributed by atoms with Crippen LogP contribution >= 0.6 is 15.9 Å². The predicted molar refractivity (Wildman–Crippen MR) is 75.5 cm³/mol. The van der Waals surface area contributed by atoms with E-state index in [9.17, 15) is 4.79 Å². The largest absolute Gasteiger partial charge is 0.307 e. The number of aromatic amines is 1. The quantitative estimate of drug-likeness (QED) is 0.749. The molecule has 88 valence electrons. The molecule has 4 heteroatoms. The molecule has 0 aliphatic rings. The topological polar surface area (TPSA) is 45.8 Å². The molecule has 0 aliphatic heterocycles. The molecule has 1 N–H and O–H groups in total. The highest BCUT2D eigenvalue weighted by atomic mass is 79.9. The van der Waals surface area contributed by atoms with Gasteiger partial charge in [0.15, 0.2) is 0 Å². The van der Waals surface area contributed by atoms with E-state index >= 15 is 0 Å². The minimum Gasteiger partial charge on any atom is -0.307 e. The molecule has 0 spiro atoms. The van der Waals surface area contributed by atoms with Crippen molar-refractivity contribution in [2.45, 2.75) is 0 Å². The van der Waals surface area contributed by atoms with Crippen molar-refractivity contribution >= 4 is 27.0 Å². The van der Waals surface area contributed by atoms with Crippen LogP contribution in [-0.2, 0) is 0 Å². The fraction of sp³-hybridized carbons (Fsp3) is 0. The van der Waals surface area contributed by atoms with E-state index in [1.807, 2.05) is 36.4 Å². The lowest BCUT2D eigenvalue weighted by Gasteiger charge is -2.05. The smallest absolute Gasteiger partial charge is 0.249 e. The second-order valence-corrected chi connectivity index (χ2v) is 4.80. The molecule has 0 aliphatic carbocycles. The van der Waals surface area contributed by atoms with Crippen LogP contribution < -0.4 is 5.56 Å². The summed E-state index contributed by atoms with van der Waals surface area (Å²) < 4.78 is 0.910. The van der Waals surface area contributed by atoms with Crippen LogP contribution in [0.4, 0.5) is 0 Å². The van der Waals surface area contributed by atoms with Gasteiger partial charge in [0, 0.05) is 21.5 Å². The molecule has 0 fully saturated rings. The third-order valence-corrected chi connectivity index (χ3v) is 3.31. The van der Waals surface area contributed by atoms with Crippen LogP contribution in [-0.4, -0.2) is 9.97 Å². The van der Waals surface area contributed by atoms with E-state index in [0.717, 1.165) is 21.1 Å². The van der Waals surface area contributed by atoms with Gasteiger partial charge < -0.3 is 4.98 Å². The molecule has 1 aromatic carbocycles. The van der Waals surface area contributed by atoms with Crippen LogP contribution in [0, 0.1) is 0 Å². The van der Waals surface area contributed by atoms with Gasteiger partial charge in [0.1, 0.15) is 5.65 Å². The summed E-state index contributed by atoms with van der Waals surface area (Å²) in [7, 11) is 0. The standard InChI is InChI=1S/C14H9BrN2O/c15-11-8-10-6-7-12(18)16-14(10)17-13(11)9-4-2-1-3-5-9/h1-8H,(H,16,17,18). The first-order valence-corrected chi connectivity index (χ1v) is 6.28. The molecule has 18 heavy (non-hydrogen) atoms. The molecule has 0 amide bonds. The zero-order valence-corrected chi connectivity index (χ0v) is 10.9. The van der Waals surface area contributed by atoms with Gasteiger partial charge in [-0.15, -0.1) is 0 Å². The van der Waals surface area contributed by atoms with Crippen molar-refractivity contribution in [3.8, 4) is 11.3 Å². The molecule has 0 saturated heterocycles. The highest BCUT2D eigenvalue weighted by molar-refractivity contribution is 9.10. The number of halogens is 1. The van der Waals surface area contributed by atoms with Gasteiger partial charge >= 0.3 is 0 Å². The van der Waals surface area contributed by atoms with Crippen LogP contribution in [0.15, 0.2) is 57.8 Å². The predicted octanol–water partition coefficient (Wildman–Crippen LogP) is 3.35. The Morgan fingerprint density at radius 1 is 1.06 bits per heavy atom. The van der Waals surface area contributed by atoms with Crippen molar-refractivity contribution < 1.29 is 0 Å². The normalized spacial score (nSPS) is 10.7. The molecule has 0 saturated carbocycles. The molecule has 3 nitrogen and oxygen atoms in total. The number of aromatic nitrogens is 2. The SMILES string of the molecule is O=c1ccc2cc(Br)c(-c3ccccc3)nc2[nH]1. The molecule has 0 radical (unpaired) electrons. The van der Waals surface area contributed by atoms with Crippen LogP contribution in [0.3, 0.4) is 0 Å². The molecular formula is C14H9BrN2O. The Balaban J connectivity index is 2.30. The zero-order chi connectivity index (χ0) is 12.5. The molecule has 2 aromatic heterocycles. The van der Waals surface area contributed by atoms with Gasteiger partial charge in [-0.25, -0.2) is 4.98 Å². The number of rotatable bonds is 1. The van der Waals surface area contributed by atoms with E-state index < -0.39 is 0 Å². The third kappa shape index (κ3) is 1.95. The Bertz CT molecular complexity index is 766. The van der Waals surface area contributed by atoms with Gasteiger partial charge in [0.2, 0.25) is 5.56 Å². The number of benzene rings is 1. The highest BCUT2D eigenvalue weighted by Gasteiger charge is 2.07. The summed E-state index contributed by atoms with van der Waals surface area (Å²) in [6.07, 6.45) is 0. The average molecular weight is 301 g/mol. The van der Waals surface area contributed by atoms with E-state index in [0.29, 0.717) is 5.65 Å². The summed E-state index contributed by atoms with van der Waals surface area (Å²) in [6, 6.07) is 15.1. The first-order valence-electron chi connectivity index (χ1n) is 5.49. The number of H-pyrrole nitrogens is 1. The highest BCUT2D eigenvalue weighted by Crippen LogP contribution is 2.28. The third-order valence-electron chi connectivity index (χ3n) is 2.71. The van der Waals surface area contributed by atoms with Crippen molar-refractivity contribution in [2.24, 2.45) is 0 Å². The minimum atomic E-state index is -0.142. The van der Waals surface area contributed by atoms with Gasteiger partial charge in [-0.1, -0.05) is 30.3 Å². The van der Waals surface area contributed by atoms with Crippen LogP contribution in [0.5, 0.6) is 0 Å². The first kappa shape index (κ1) is 11.2. The van der Waals surface area contributed by atoms with Crippen LogP contribution in [0.2, 0.25) is 0 Å². The maximum absolute atomic E-state index is 11.3. The van der Waals surface area contributed by atoms with E-state index in [4.69, 9.17) is 0 Å². The molecule has 0 bridgehead atoms. The summed E-state index contributed by atoms with van der Waals surface area (Å²) in [4.78, 5) is 18.6. The average Bonchev–Trinajstić information content (AvgIpc) is 2.39. The van der Waals surface area contributed by atoms with Crippen LogP contribution in [0.1, 0.15) is 0 Å². The van der Waals surface area contributed by atoms with Crippen LogP contribution in [0.25, 0.3) is 22.3 Å². The maximum atomic E-state index is 11.3. The fourth-order valence-corrected chi connectivity index (χ4v) is 2.42. The van der Waals surface area contributed by atoms with E-state index in [1.165, 1.54) is 6.07 Å². The first-order chi connectivity index (χ1) is 8.74. The number of nitrogens with zero attached hydrogens (tertiary/aromatic N) is 1. The number of hydrogen-bond acceptors (Lipinski definition) is 2. The molecule has 0 atom stereocenters. The Labute approximate surface area is 112 Å². The number of nitrogens with one attached hydrogen (secondary N) is 1. The lowest BCUT2D eigenvalue weighted by molar-refractivity contribution is 1.23. The molecule has 3 aromatic rings. The fourth-order valence-electron chi connectivity index (χ4n) is 1.85. The zero-order valence-electron chi connectivity index (χ0n) is 9.35. The Morgan fingerprint density at radius 3 is 2.61 bits per heavy atom. The minimum absolute atomic E-state index is 0.142. The lowest BCUT2D eigenvalue weighted by atomic mass is 10.1. The van der Waals surface area contributed by atoms with Gasteiger partial charge in [-0.3, -0.25) is 4.79 Å². The van der Waals surface area contributed by atoms with Crippen molar-refractivity contribution in [1.82, 2.24) is 9.97 Å². The Morgan fingerprint density at radius 2 is 1.83 bits per heavy atom. The summed E-state index contributed by atoms with van der Waals surface area (Å²) in [6.45, 7) is 0. The summed E-state index contributed by atoms with van der Waals surface area (Å²) >= 11 is 3.52. The number of pyridine rings is 2. The van der Waals surface area contributed by atoms with Crippen molar-refractivity contribution in [3.63, 3.8) is 0 Å². The molecule has 2 heterocycles. The monoisotopic (exact) mass is 300 g/mol. The lowest BCUT2D eigenvalue weighted by Crippen LogP contribution is -2.04. The van der Waals surface area contributed by atoms with Gasteiger partial charge in [0.25, 0.3) is 0 Å². The summed E-state index contributed by atoms with van der Waals surface area (Å²) in [5.41, 5.74) is 2.29. The Hall–Kier alpha value is -1.94. The van der Waals surface area contributed by atoms with Crippen molar-refractivity contribution in [3.05, 3.63) is 63.4 Å². The molecular weight excluding hydrogens is 292 g/mol. The van der Waals surface area contributed by atoms with E-state index in [1.54, 1.807) is 6.07 Å². The Kier molecular flexibility index (Phi) is 2.72. The molecule has 3 rings (SSSR count). The van der Waals surface area contributed by atoms with E-state index in [-0.39, 0.29) is 5.56 Å². The number of hydrogen-bond donors (Lipinski definition) is 1. The number of fused-ring (bicyclic) bond motifs is 1. The summed E-state index contributed by atoms with van der Waals surface area (Å²) in [5.74, 6) is 0. The molecule has 0 unspecified atom stereocenters. The van der Waals surface area contributed by atoms with Crippen molar-refractivity contribution in [1.29, 1.82) is 0 Å². The van der Waals surface area contributed by atoms with E-state index in [2.05, 4.69) is 25.9 Å². The van der Waals surface area contributed by atoms with Gasteiger partial charge in [0.05, 0.1) is 5.69 Å². The van der Waals surface area contributed by atoms with Crippen molar-refractivity contribution in [2.75, 3.05) is 0 Å². The van der Waals surface area contributed by atoms with Gasteiger partial charge in [-0.05, 0) is 28.1 Å². The second kappa shape index (κ2) is 4.38.